The summed E-state index contributed by atoms with van der Waals surface area (Å²) in [5.74, 6) is 1.82. The van der Waals surface area contributed by atoms with E-state index in [0.29, 0.717) is 12.6 Å². The summed E-state index contributed by atoms with van der Waals surface area (Å²) in [5.41, 5.74) is 2.24. The van der Waals surface area contributed by atoms with Gasteiger partial charge in [0.25, 0.3) is 0 Å². The molecular formula is C16H23N3O. The number of hydrogen-bond donors (Lipinski definition) is 1. The second-order valence-electron chi connectivity index (χ2n) is 5.30. The van der Waals surface area contributed by atoms with Crippen LogP contribution in [0.15, 0.2) is 30.5 Å². The summed E-state index contributed by atoms with van der Waals surface area (Å²) in [6, 6.07) is 8.49. The fourth-order valence-corrected chi connectivity index (χ4v) is 2.08. The Hall–Kier alpha value is -1.97. The number of hydrogen-bond acceptors (Lipinski definition) is 3. The molecule has 0 spiro atoms. The Bertz CT molecular complexity index is 561. The molecule has 0 saturated heterocycles. The van der Waals surface area contributed by atoms with Gasteiger partial charge in [-0.05, 0) is 45.4 Å². The van der Waals surface area contributed by atoms with Gasteiger partial charge in [0.1, 0.15) is 12.4 Å². The molecular weight excluding hydrogens is 250 g/mol. The van der Waals surface area contributed by atoms with Gasteiger partial charge in [0.05, 0.1) is 12.2 Å². The van der Waals surface area contributed by atoms with Crippen molar-refractivity contribution in [2.24, 2.45) is 0 Å². The average Bonchev–Trinajstić information content (AvgIpc) is 2.76. The molecule has 1 aromatic heterocycles. The van der Waals surface area contributed by atoms with Gasteiger partial charge in [0, 0.05) is 12.2 Å². The van der Waals surface area contributed by atoms with Crippen molar-refractivity contribution in [2.75, 3.05) is 18.5 Å². The smallest absolute Gasteiger partial charge is 0.203 e. The number of ether oxygens (including phenoxy) is 1. The van der Waals surface area contributed by atoms with Crippen LogP contribution in [0.1, 0.15) is 31.1 Å². The van der Waals surface area contributed by atoms with Crippen LogP contribution in [0.2, 0.25) is 0 Å². The van der Waals surface area contributed by atoms with E-state index in [0.717, 1.165) is 23.9 Å². The molecule has 0 aliphatic heterocycles. The SMILES string of the molecule is Cc1cccc(OCCNc2nc(C)cn2C(C)C)c1. The molecule has 0 atom stereocenters. The molecule has 0 bridgehead atoms. The van der Waals surface area contributed by atoms with E-state index in [-0.39, 0.29) is 0 Å². The molecule has 0 radical (unpaired) electrons. The lowest BCUT2D eigenvalue weighted by molar-refractivity contribution is 0.332. The van der Waals surface area contributed by atoms with Crippen LogP contribution in [0.5, 0.6) is 5.75 Å². The summed E-state index contributed by atoms with van der Waals surface area (Å²) < 4.78 is 7.86. The van der Waals surface area contributed by atoms with Crippen LogP contribution in [-0.2, 0) is 0 Å². The quantitative estimate of drug-likeness (QED) is 0.818. The van der Waals surface area contributed by atoms with E-state index in [1.165, 1.54) is 5.56 Å². The maximum Gasteiger partial charge on any atom is 0.203 e. The Morgan fingerprint density at radius 3 is 2.80 bits per heavy atom. The van der Waals surface area contributed by atoms with E-state index in [2.05, 4.69) is 47.9 Å². The van der Waals surface area contributed by atoms with E-state index in [4.69, 9.17) is 4.74 Å². The van der Waals surface area contributed by atoms with Gasteiger partial charge >= 0.3 is 0 Å². The molecule has 1 N–H and O–H groups in total. The van der Waals surface area contributed by atoms with E-state index >= 15 is 0 Å². The van der Waals surface area contributed by atoms with Gasteiger partial charge in [-0.3, -0.25) is 0 Å². The molecule has 0 aliphatic rings. The second kappa shape index (κ2) is 6.46. The number of imidazole rings is 1. The Morgan fingerprint density at radius 1 is 1.30 bits per heavy atom. The van der Waals surface area contributed by atoms with Crippen LogP contribution in [0.25, 0.3) is 0 Å². The first-order valence-corrected chi connectivity index (χ1v) is 7.05. The highest BCUT2D eigenvalue weighted by atomic mass is 16.5. The van der Waals surface area contributed by atoms with Crippen molar-refractivity contribution in [3.63, 3.8) is 0 Å². The Kier molecular flexibility index (Phi) is 4.66. The monoisotopic (exact) mass is 273 g/mol. The van der Waals surface area contributed by atoms with Crippen molar-refractivity contribution in [2.45, 2.75) is 33.7 Å². The van der Waals surface area contributed by atoms with Crippen molar-refractivity contribution in [1.82, 2.24) is 9.55 Å². The summed E-state index contributed by atoms with van der Waals surface area (Å²) in [4.78, 5) is 4.49. The van der Waals surface area contributed by atoms with Crippen molar-refractivity contribution in [3.8, 4) is 5.75 Å². The van der Waals surface area contributed by atoms with Crippen LogP contribution in [0, 0.1) is 13.8 Å². The topological polar surface area (TPSA) is 39.1 Å². The minimum absolute atomic E-state index is 0.399. The van der Waals surface area contributed by atoms with Crippen LogP contribution < -0.4 is 10.1 Å². The first-order chi connectivity index (χ1) is 9.56. The van der Waals surface area contributed by atoms with E-state index in [9.17, 15) is 0 Å². The number of aryl methyl sites for hydroxylation is 2. The molecule has 0 aliphatic carbocycles. The predicted octanol–water partition coefficient (Wildman–Crippen LogP) is 3.57. The zero-order valence-corrected chi connectivity index (χ0v) is 12.7. The molecule has 1 heterocycles. The van der Waals surface area contributed by atoms with Gasteiger partial charge in [-0.2, -0.15) is 0 Å². The Morgan fingerprint density at radius 2 is 2.10 bits per heavy atom. The fourth-order valence-electron chi connectivity index (χ4n) is 2.08. The molecule has 0 amide bonds. The molecule has 0 fully saturated rings. The van der Waals surface area contributed by atoms with Gasteiger partial charge in [-0.1, -0.05) is 12.1 Å². The van der Waals surface area contributed by atoms with Gasteiger partial charge in [0.2, 0.25) is 5.95 Å². The summed E-state index contributed by atoms with van der Waals surface area (Å²) in [5, 5.41) is 3.33. The number of nitrogens with zero attached hydrogens (tertiary/aromatic N) is 2. The van der Waals surface area contributed by atoms with Crippen LogP contribution in [0.3, 0.4) is 0 Å². The lowest BCUT2D eigenvalue weighted by Crippen LogP contribution is -2.15. The molecule has 0 unspecified atom stereocenters. The first kappa shape index (κ1) is 14.4. The maximum atomic E-state index is 5.72. The highest BCUT2D eigenvalue weighted by molar-refractivity contribution is 5.30. The third-order valence-electron chi connectivity index (χ3n) is 3.05. The molecule has 2 aromatic rings. The third-order valence-corrected chi connectivity index (χ3v) is 3.05. The zero-order chi connectivity index (χ0) is 14.5. The minimum Gasteiger partial charge on any atom is -0.492 e. The molecule has 2 rings (SSSR count). The number of aromatic nitrogens is 2. The van der Waals surface area contributed by atoms with Crippen molar-refractivity contribution in [1.29, 1.82) is 0 Å². The lowest BCUT2D eigenvalue weighted by atomic mass is 10.2. The largest absolute Gasteiger partial charge is 0.492 e. The Balaban J connectivity index is 1.84. The summed E-state index contributed by atoms with van der Waals surface area (Å²) >= 11 is 0. The van der Waals surface area contributed by atoms with Crippen molar-refractivity contribution < 1.29 is 4.74 Å². The van der Waals surface area contributed by atoms with E-state index in [1.807, 2.05) is 25.1 Å². The normalized spacial score (nSPS) is 10.8. The summed E-state index contributed by atoms with van der Waals surface area (Å²) in [6.45, 7) is 9.72. The average molecular weight is 273 g/mol. The number of rotatable bonds is 6. The summed E-state index contributed by atoms with van der Waals surface area (Å²) in [7, 11) is 0. The predicted molar refractivity (Wildman–Crippen MR) is 82.5 cm³/mol. The second-order valence-corrected chi connectivity index (χ2v) is 5.30. The van der Waals surface area contributed by atoms with Crippen molar-refractivity contribution in [3.05, 3.63) is 41.7 Å². The highest BCUT2D eigenvalue weighted by Crippen LogP contribution is 2.15. The van der Waals surface area contributed by atoms with E-state index < -0.39 is 0 Å². The van der Waals surface area contributed by atoms with E-state index in [1.54, 1.807) is 0 Å². The lowest BCUT2D eigenvalue weighted by Gasteiger charge is -2.13. The van der Waals surface area contributed by atoms with Gasteiger partial charge in [-0.15, -0.1) is 0 Å². The summed E-state index contributed by atoms with van der Waals surface area (Å²) in [6.07, 6.45) is 2.06. The first-order valence-electron chi connectivity index (χ1n) is 7.05. The van der Waals surface area contributed by atoms with Crippen LogP contribution in [-0.4, -0.2) is 22.7 Å². The molecule has 108 valence electrons. The van der Waals surface area contributed by atoms with Crippen molar-refractivity contribution >= 4 is 5.95 Å². The number of nitrogens with one attached hydrogen (secondary N) is 1. The number of benzene rings is 1. The van der Waals surface area contributed by atoms with Gasteiger partial charge in [0.15, 0.2) is 0 Å². The minimum atomic E-state index is 0.399. The number of anilines is 1. The van der Waals surface area contributed by atoms with Gasteiger partial charge in [-0.25, -0.2) is 4.98 Å². The molecule has 1 aromatic carbocycles. The molecule has 20 heavy (non-hydrogen) atoms. The van der Waals surface area contributed by atoms with Crippen LogP contribution in [0.4, 0.5) is 5.95 Å². The van der Waals surface area contributed by atoms with Crippen LogP contribution >= 0.6 is 0 Å². The Labute approximate surface area is 120 Å². The molecule has 4 nitrogen and oxygen atoms in total. The fraction of sp³-hybridized carbons (Fsp3) is 0.438. The molecule has 4 heteroatoms. The van der Waals surface area contributed by atoms with Gasteiger partial charge < -0.3 is 14.6 Å². The third kappa shape index (κ3) is 3.76. The highest BCUT2D eigenvalue weighted by Gasteiger charge is 2.07. The molecule has 0 saturated carbocycles. The zero-order valence-electron chi connectivity index (χ0n) is 12.7. The standard InChI is InChI=1S/C16H23N3O/c1-12(2)19-11-14(4)18-16(19)17-8-9-20-15-7-5-6-13(3)10-15/h5-7,10-12H,8-9H2,1-4H3,(H,17,18). The maximum absolute atomic E-state index is 5.72.